The fourth-order valence-electron chi connectivity index (χ4n) is 2.59. The van der Waals surface area contributed by atoms with E-state index in [1.165, 1.54) is 0 Å². The molecule has 1 N–H and O–H groups in total. The van der Waals surface area contributed by atoms with Gasteiger partial charge in [0.25, 0.3) is 10.2 Å². The molecular formula is C13H29N3O2S. The maximum atomic E-state index is 12.6. The normalized spacial score (nSPS) is 19.5. The lowest BCUT2D eigenvalue weighted by atomic mass is 9.98. The van der Waals surface area contributed by atoms with Crippen molar-refractivity contribution < 1.29 is 8.42 Å². The van der Waals surface area contributed by atoms with Gasteiger partial charge in [0.1, 0.15) is 0 Å². The third kappa shape index (κ3) is 4.70. The number of hydrogen-bond donors (Lipinski definition) is 1. The van der Waals surface area contributed by atoms with Crippen LogP contribution >= 0.6 is 0 Å². The average Bonchev–Trinajstić information content (AvgIpc) is 2.36. The van der Waals surface area contributed by atoms with Gasteiger partial charge in [0.05, 0.1) is 0 Å². The van der Waals surface area contributed by atoms with Gasteiger partial charge < -0.3 is 5.32 Å². The van der Waals surface area contributed by atoms with Crippen LogP contribution < -0.4 is 5.32 Å². The number of hydrogen-bond acceptors (Lipinski definition) is 3. The summed E-state index contributed by atoms with van der Waals surface area (Å²) in [4.78, 5) is 0. The van der Waals surface area contributed by atoms with Crippen molar-refractivity contribution in [2.75, 3.05) is 39.8 Å². The van der Waals surface area contributed by atoms with Crippen molar-refractivity contribution in [2.45, 2.75) is 33.6 Å². The van der Waals surface area contributed by atoms with Crippen LogP contribution in [0.1, 0.15) is 33.6 Å². The zero-order valence-corrected chi connectivity index (χ0v) is 13.5. The number of rotatable bonds is 7. The summed E-state index contributed by atoms with van der Waals surface area (Å²) >= 11 is 0. The van der Waals surface area contributed by atoms with E-state index in [0.717, 1.165) is 19.4 Å². The fraction of sp³-hybridized carbons (Fsp3) is 1.00. The second-order valence-corrected chi connectivity index (χ2v) is 7.68. The molecule has 19 heavy (non-hydrogen) atoms. The minimum atomic E-state index is -3.26. The van der Waals surface area contributed by atoms with Gasteiger partial charge in [-0.15, -0.1) is 0 Å². The third-order valence-electron chi connectivity index (χ3n) is 3.64. The van der Waals surface area contributed by atoms with Gasteiger partial charge in [0.2, 0.25) is 0 Å². The molecule has 0 unspecified atom stereocenters. The van der Waals surface area contributed by atoms with Crippen molar-refractivity contribution in [1.82, 2.24) is 13.9 Å². The first-order valence-electron chi connectivity index (χ1n) is 7.31. The van der Waals surface area contributed by atoms with E-state index in [2.05, 4.69) is 19.2 Å². The monoisotopic (exact) mass is 291 g/mol. The molecule has 1 aliphatic rings. The molecule has 0 atom stereocenters. The molecule has 1 heterocycles. The van der Waals surface area contributed by atoms with E-state index >= 15 is 0 Å². The quantitative estimate of drug-likeness (QED) is 0.765. The summed E-state index contributed by atoms with van der Waals surface area (Å²) in [6.07, 6.45) is 1.92. The molecule has 0 aromatic carbocycles. The molecule has 1 rings (SSSR count). The Morgan fingerprint density at radius 1 is 1.32 bits per heavy atom. The minimum Gasteiger partial charge on any atom is -0.319 e. The van der Waals surface area contributed by atoms with E-state index < -0.39 is 10.2 Å². The van der Waals surface area contributed by atoms with Gasteiger partial charge in [0, 0.05) is 26.2 Å². The maximum absolute atomic E-state index is 12.6. The van der Waals surface area contributed by atoms with Crippen LogP contribution in [0.2, 0.25) is 0 Å². The summed E-state index contributed by atoms with van der Waals surface area (Å²) < 4.78 is 28.4. The van der Waals surface area contributed by atoms with Crippen molar-refractivity contribution in [2.24, 2.45) is 11.8 Å². The predicted molar refractivity (Wildman–Crippen MR) is 79.2 cm³/mol. The molecule has 0 saturated carbocycles. The van der Waals surface area contributed by atoms with Crippen LogP contribution in [0.15, 0.2) is 0 Å². The third-order valence-corrected chi connectivity index (χ3v) is 5.72. The van der Waals surface area contributed by atoms with Crippen LogP contribution in [-0.4, -0.2) is 56.8 Å². The van der Waals surface area contributed by atoms with Crippen molar-refractivity contribution in [3.63, 3.8) is 0 Å². The van der Waals surface area contributed by atoms with Crippen molar-refractivity contribution >= 4 is 10.2 Å². The van der Waals surface area contributed by atoms with Gasteiger partial charge in [-0.05, 0) is 38.3 Å². The molecule has 0 amide bonds. The molecule has 5 nitrogen and oxygen atoms in total. The van der Waals surface area contributed by atoms with Crippen molar-refractivity contribution in [3.8, 4) is 0 Å². The summed E-state index contributed by atoms with van der Waals surface area (Å²) in [5.41, 5.74) is 0. The summed E-state index contributed by atoms with van der Waals surface area (Å²) in [6, 6.07) is 0. The molecule has 1 aliphatic heterocycles. The highest BCUT2D eigenvalue weighted by Crippen LogP contribution is 2.21. The zero-order chi connectivity index (χ0) is 14.5. The first-order valence-corrected chi connectivity index (χ1v) is 8.71. The zero-order valence-electron chi connectivity index (χ0n) is 12.7. The maximum Gasteiger partial charge on any atom is 0.281 e. The number of piperidine rings is 1. The Labute approximate surface area is 118 Å². The lowest BCUT2D eigenvalue weighted by molar-refractivity contribution is 0.248. The van der Waals surface area contributed by atoms with Crippen molar-refractivity contribution in [1.29, 1.82) is 0 Å². The summed E-state index contributed by atoms with van der Waals surface area (Å²) in [6.45, 7) is 9.47. The predicted octanol–water partition coefficient (Wildman–Crippen LogP) is 1.14. The molecule has 6 heteroatoms. The van der Waals surface area contributed by atoms with E-state index in [1.54, 1.807) is 8.61 Å². The van der Waals surface area contributed by atoms with Crippen LogP contribution in [0.25, 0.3) is 0 Å². The molecule has 0 aromatic heterocycles. The van der Waals surface area contributed by atoms with E-state index in [0.29, 0.717) is 38.0 Å². The van der Waals surface area contributed by atoms with E-state index in [4.69, 9.17) is 0 Å². The molecule has 1 fully saturated rings. The van der Waals surface area contributed by atoms with E-state index in [9.17, 15) is 8.42 Å². The second kappa shape index (κ2) is 7.57. The topological polar surface area (TPSA) is 52.7 Å². The van der Waals surface area contributed by atoms with Crippen LogP contribution in [0.3, 0.4) is 0 Å². The first-order chi connectivity index (χ1) is 8.91. The van der Waals surface area contributed by atoms with Crippen LogP contribution in [0.4, 0.5) is 0 Å². The molecule has 0 aromatic rings. The summed E-state index contributed by atoms with van der Waals surface area (Å²) in [5.74, 6) is 0.966. The van der Waals surface area contributed by atoms with Crippen LogP contribution in [0.5, 0.6) is 0 Å². The van der Waals surface area contributed by atoms with Crippen LogP contribution in [-0.2, 0) is 10.2 Å². The van der Waals surface area contributed by atoms with Gasteiger partial charge in [-0.25, -0.2) is 0 Å². The van der Waals surface area contributed by atoms with Gasteiger partial charge in [-0.3, -0.25) is 0 Å². The number of nitrogens with zero attached hydrogens (tertiary/aromatic N) is 2. The average molecular weight is 291 g/mol. The van der Waals surface area contributed by atoms with Gasteiger partial charge >= 0.3 is 0 Å². The molecule has 0 spiro atoms. The standard InChI is InChI=1S/C13H29N3O2S/c1-5-15(11-12(2)3)19(17,18)16-8-6-13(7-9-16)10-14-4/h12-14H,5-11H2,1-4H3. The lowest BCUT2D eigenvalue weighted by Crippen LogP contribution is -2.48. The van der Waals surface area contributed by atoms with E-state index in [1.807, 2.05) is 14.0 Å². The molecular weight excluding hydrogens is 262 g/mol. The lowest BCUT2D eigenvalue weighted by Gasteiger charge is -2.35. The molecule has 0 bridgehead atoms. The second-order valence-electron chi connectivity index (χ2n) is 5.75. The van der Waals surface area contributed by atoms with E-state index in [-0.39, 0.29) is 0 Å². The summed E-state index contributed by atoms with van der Waals surface area (Å²) in [7, 11) is -1.31. The SMILES string of the molecule is CCN(CC(C)C)S(=O)(=O)N1CCC(CNC)CC1. The van der Waals surface area contributed by atoms with Gasteiger partial charge in [0.15, 0.2) is 0 Å². The highest BCUT2D eigenvalue weighted by atomic mass is 32.2. The summed E-state index contributed by atoms with van der Waals surface area (Å²) in [5, 5.41) is 3.17. The van der Waals surface area contributed by atoms with Crippen molar-refractivity contribution in [3.05, 3.63) is 0 Å². The Hall–Kier alpha value is -0.170. The smallest absolute Gasteiger partial charge is 0.281 e. The first kappa shape index (κ1) is 16.9. The van der Waals surface area contributed by atoms with Gasteiger partial charge in [-0.1, -0.05) is 20.8 Å². The minimum absolute atomic E-state index is 0.358. The largest absolute Gasteiger partial charge is 0.319 e. The molecule has 114 valence electrons. The highest BCUT2D eigenvalue weighted by molar-refractivity contribution is 7.86. The molecule has 0 aliphatic carbocycles. The Balaban J connectivity index is 2.63. The Morgan fingerprint density at radius 2 is 1.89 bits per heavy atom. The molecule has 1 saturated heterocycles. The fourth-order valence-corrected chi connectivity index (χ4v) is 4.40. The molecule has 0 radical (unpaired) electrons. The van der Waals surface area contributed by atoms with Gasteiger partial charge in [-0.2, -0.15) is 17.0 Å². The Bertz CT molecular complexity index is 349. The Morgan fingerprint density at radius 3 is 2.32 bits per heavy atom. The Kier molecular flexibility index (Phi) is 6.73. The number of nitrogens with one attached hydrogen (secondary N) is 1. The highest BCUT2D eigenvalue weighted by Gasteiger charge is 2.32. The van der Waals surface area contributed by atoms with Crippen LogP contribution in [0, 0.1) is 11.8 Å².